The lowest BCUT2D eigenvalue weighted by molar-refractivity contribution is 0.0656. The Labute approximate surface area is 173 Å². The first-order chi connectivity index (χ1) is 14.3. The molecule has 0 aromatic heterocycles. The fourth-order valence-electron chi connectivity index (χ4n) is 4.36. The zero-order valence-corrected chi connectivity index (χ0v) is 17.0. The number of carbonyl (C=O) groups excluding carboxylic acids is 1. The van der Waals surface area contributed by atoms with Gasteiger partial charge in [-0.05, 0) is 29.9 Å². The highest BCUT2D eigenvalue weighted by Crippen LogP contribution is 2.29. The lowest BCUT2D eigenvalue weighted by Gasteiger charge is -2.40. The summed E-state index contributed by atoms with van der Waals surface area (Å²) in [6.07, 6.45) is 2.09. The van der Waals surface area contributed by atoms with E-state index in [0.717, 1.165) is 58.8 Å². The van der Waals surface area contributed by atoms with Crippen LogP contribution in [0.5, 0.6) is 0 Å². The summed E-state index contributed by atoms with van der Waals surface area (Å²) in [6.45, 7) is 5.67. The van der Waals surface area contributed by atoms with Crippen molar-refractivity contribution < 1.29 is 9.53 Å². The van der Waals surface area contributed by atoms with Crippen LogP contribution in [-0.2, 0) is 4.74 Å². The zero-order valence-electron chi connectivity index (χ0n) is 17.0. The summed E-state index contributed by atoms with van der Waals surface area (Å²) in [7, 11) is 0. The van der Waals surface area contributed by atoms with Crippen LogP contribution in [0.2, 0.25) is 0 Å². The number of nitrogens with one attached hydrogen (secondary N) is 1. The monoisotopic (exact) mass is 393 g/mol. The summed E-state index contributed by atoms with van der Waals surface area (Å²) in [4.78, 5) is 17.1. The fourth-order valence-corrected chi connectivity index (χ4v) is 4.36. The van der Waals surface area contributed by atoms with Gasteiger partial charge in [0.15, 0.2) is 0 Å². The molecule has 2 aromatic carbocycles. The number of rotatable bonds is 5. The van der Waals surface area contributed by atoms with Crippen molar-refractivity contribution in [3.8, 4) is 0 Å². The minimum absolute atomic E-state index is 0.0760. The lowest BCUT2D eigenvalue weighted by atomic mass is 9.96. The number of hydrogen-bond acceptors (Lipinski definition) is 3. The van der Waals surface area contributed by atoms with Crippen LogP contribution in [0.15, 0.2) is 60.7 Å². The van der Waals surface area contributed by atoms with Gasteiger partial charge in [-0.3, -0.25) is 4.90 Å². The number of amides is 2. The summed E-state index contributed by atoms with van der Waals surface area (Å²) in [6, 6.07) is 21.6. The number of hydrogen-bond donors (Lipinski definition) is 1. The van der Waals surface area contributed by atoms with E-state index in [0.29, 0.717) is 5.92 Å². The van der Waals surface area contributed by atoms with Crippen LogP contribution in [0, 0.1) is 5.92 Å². The van der Waals surface area contributed by atoms with Gasteiger partial charge in [-0.2, -0.15) is 0 Å². The molecular formula is C24H31N3O2. The van der Waals surface area contributed by atoms with Gasteiger partial charge in [0.05, 0.1) is 6.04 Å². The molecule has 2 aliphatic rings. The van der Waals surface area contributed by atoms with Crippen LogP contribution >= 0.6 is 0 Å². The normalized spacial score (nSPS) is 18.7. The molecule has 0 saturated carbocycles. The maximum absolute atomic E-state index is 12.6. The second-order valence-electron chi connectivity index (χ2n) is 7.99. The highest BCUT2D eigenvalue weighted by molar-refractivity contribution is 5.74. The minimum atomic E-state index is 0.0760. The highest BCUT2D eigenvalue weighted by atomic mass is 16.5. The van der Waals surface area contributed by atoms with Gasteiger partial charge in [0.25, 0.3) is 0 Å². The second kappa shape index (κ2) is 9.90. The van der Waals surface area contributed by atoms with E-state index in [1.54, 1.807) is 0 Å². The molecule has 2 aromatic rings. The van der Waals surface area contributed by atoms with Crippen LogP contribution in [0.25, 0.3) is 0 Å². The molecular weight excluding hydrogens is 362 g/mol. The van der Waals surface area contributed by atoms with E-state index in [2.05, 4.69) is 70.9 Å². The summed E-state index contributed by atoms with van der Waals surface area (Å²) < 4.78 is 5.40. The molecule has 0 atom stereocenters. The van der Waals surface area contributed by atoms with E-state index >= 15 is 0 Å². The number of urea groups is 1. The Morgan fingerprint density at radius 1 is 0.897 bits per heavy atom. The number of nitrogens with zero attached hydrogens (tertiary/aromatic N) is 2. The van der Waals surface area contributed by atoms with Crippen molar-refractivity contribution in [2.45, 2.75) is 18.9 Å². The van der Waals surface area contributed by atoms with Crippen molar-refractivity contribution in [2.24, 2.45) is 5.92 Å². The van der Waals surface area contributed by atoms with E-state index in [9.17, 15) is 4.79 Å². The summed E-state index contributed by atoms with van der Waals surface area (Å²) in [5.41, 5.74) is 2.60. The third kappa shape index (κ3) is 5.17. The Balaban J connectivity index is 1.36. The number of carbonyl (C=O) groups is 1. The average Bonchev–Trinajstić information content (AvgIpc) is 2.80. The molecule has 0 radical (unpaired) electrons. The number of benzene rings is 2. The molecule has 0 bridgehead atoms. The molecule has 2 aliphatic heterocycles. The van der Waals surface area contributed by atoms with Gasteiger partial charge in [0.1, 0.15) is 0 Å². The van der Waals surface area contributed by atoms with Crippen LogP contribution < -0.4 is 5.32 Å². The molecule has 4 rings (SSSR count). The average molecular weight is 394 g/mol. The quantitative estimate of drug-likeness (QED) is 0.845. The molecule has 29 heavy (non-hydrogen) atoms. The molecule has 2 saturated heterocycles. The summed E-state index contributed by atoms with van der Waals surface area (Å²) in [5, 5.41) is 3.14. The third-order valence-corrected chi connectivity index (χ3v) is 6.08. The largest absolute Gasteiger partial charge is 0.381 e. The molecule has 0 unspecified atom stereocenters. The molecule has 2 fully saturated rings. The molecule has 2 heterocycles. The molecule has 0 spiro atoms. The van der Waals surface area contributed by atoms with Crippen molar-refractivity contribution in [1.29, 1.82) is 0 Å². The Hall–Kier alpha value is -2.37. The Bertz CT molecular complexity index is 715. The first kappa shape index (κ1) is 19.9. The zero-order chi connectivity index (χ0) is 19.9. The Kier molecular flexibility index (Phi) is 6.80. The molecule has 5 nitrogen and oxygen atoms in total. The van der Waals surface area contributed by atoms with Gasteiger partial charge in [-0.25, -0.2) is 4.79 Å². The SMILES string of the molecule is O=C(NCC1CCOCC1)N1CCN(C(c2ccccc2)c2ccccc2)CC1. The number of ether oxygens (including phenoxy) is 1. The van der Waals surface area contributed by atoms with E-state index in [-0.39, 0.29) is 12.1 Å². The van der Waals surface area contributed by atoms with E-state index in [1.165, 1.54) is 11.1 Å². The van der Waals surface area contributed by atoms with E-state index < -0.39 is 0 Å². The van der Waals surface area contributed by atoms with Crippen molar-refractivity contribution in [3.05, 3.63) is 71.8 Å². The van der Waals surface area contributed by atoms with Crippen molar-refractivity contribution >= 4 is 6.03 Å². The summed E-state index contributed by atoms with van der Waals surface area (Å²) >= 11 is 0. The van der Waals surface area contributed by atoms with E-state index in [4.69, 9.17) is 4.74 Å². The highest BCUT2D eigenvalue weighted by Gasteiger charge is 2.28. The molecule has 154 valence electrons. The predicted octanol–water partition coefficient (Wildman–Crippen LogP) is 3.53. The first-order valence-corrected chi connectivity index (χ1v) is 10.8. The van der Waals surface area contributed by atoms with Crippen molar-refractivity contribution in [1.82, 2.24) is 15.1 Å². The fraction of sp³-hybridized carbons (Fsp3) is 0.458. The standard InChI is InChI=1S/C24H31N3O2/c28-24(25-19-20-11-17-29-18-12-20)27-15-13-26(14-16-27)23(21-7-3-1-4-8-21)22-9-5-2-6-10-22/h1-10,20,23H,11-19H2,(H,25,28). The Morgan fingerprint density at radius 3 is 2.00 bits per heavy atom. The van der Waals surface area contributed by atoms with Gasteiger partial charge in [0, 0.05) is 45.9 Å². The first-order valence-electron chi connectivity index (χ1n) is 10.8. The van der Waals surface area contributed by atoms with Crippen LogP contribution in [0.3, 0.4) is 0 Å². The summed E-state index contributed by atoms with van der Waals surface area (Å²) in [5.74, 6) is 0.550. The Morgan fingerprint density at radius 2 is 1.45 bits per heavy atom. The van der Waals surface area contributed by atoms with Crippen molar-refractivity contribution in [3.63, 3.8) is 0 Å². The van der Waals surface area contributed by atoms with Crippen LogP contribution in [-0.4, -0.2) is 61.8 Å². The van der Waals surface area contributed by atoms with Crippen molar-refractivity contribution in [2.75, 3.05) is 45.9 Å². The molecule has 1 N–H and O–H groups in total. The van der Waals surface area contributed by atoms with Gasteiger partial charge in [-0.15, -0.1) is 0 Å². The van der Waals surface area contributed by atoms with Gasteiger partial charge in [-0.1, -0.05) is 60.7 Å². The second-order valence-corrected chi connectivity index (χ2v) is 7.99. The maximum atomic E-state index is 12.6. The van der Waals surface area contributed by atoms with E-state index in [1.807, 2.05) is 4.90 Å². The predicted molar refractivity (Wildman–Crippen MR) is 115 cm³/mol. The minimum Gasteiger partial charge on any atom is -0.381 e. The molecule has 5 heteroatoms. The maximum Gasteiger partial charge on any atom is 0.317 e. The van der Waals surface area contributed by atoms with Gasteiger partial charge in [0.2, 0.25) is 0 Å². The van der Waals surface area contributed by atoms with Crippen LogP contribution in [0.4, 0.5) is 4.79 Å². The number of piperazine rings is 1. The van der Waals surface area contributed by atoms with Crippen LogP contribution in [0.1, 0.15) is 30.0 Å². The lowest BCUT2D eigenvalue weighted by Crippen LogP contribution is -2.53. The van der Waals surface area contributed by atoms with Gasteiger partial charge >= 0.3 is 6.03 Å². The molecule has 0 aliphatic carbocycles. The smallest absolute Gasteiger partial charge is 0.317 e. The van der Waals surface area contributed by atoms with Gasteiger partial charge < -0.3 is 15.0 Å². The third-order valence-electron chi connectivity index (χ3n) is 6.08. The molecule has 2 amide bonds. The topological polar surface area (TPSA) is 44.8 Å².